The van der Waals surface area contributed by atoms with Gasteiger partial charge in [-0.05, 0) is 28.1 Å². The van der Waals surface area contributed by atoms with Crippen LogP contribution in [-0.4, -0.2) is 6.61 Å². The summed E-state index contributed by atoms with van der Waals surface area (Å²) in [5.41, 5.74) is -0.283. The summed E-state index contributed by atoms with van der Waals surface area (Å²) in [5.74, 6) is -2.28. The lowest BCUT2D eigenvalue weighted by Crippen LogP contribution is -1.98. The molecule has 1 radical (unpaired) electrons. The van der Waals surface area contributed by atoms with Crippen molar-refractivity contribution in [2.45, 2.75) is 0 Å². The molecule has 20 heavy (non-hydrogen) atoms. The highest BCUT2D eigenvalue weighted by Crippen LogP contribution is 2.34. The van der Waals surface area contributed by atoms with Crippen LogP contribution in [0.25, 0.3) is 11.1 Å². The predicted molar refractivity (Wildman–Crippen MR) is 74.0 cm³/mol. The Balaban J connectivity index is 2.52. The van der Waals surface area contributed by atoms with Crippen LogP contribution in [0.5, 0.6) is 5.75 Å². The zero-order valence-corrected chi connectivity index (χ0v) is 11.8. The van der Waals surface area contributed by atoms with E-state index in [0.717, 1.165) is 24.3 Å². The third kappa shape index (κ3) is 3.04. The van der Waals surface area contributed by atoms with Crippen molar-refractivity contribution in [1.82, 2.24) is 0 Å². The highest BCUT2D eigenvalue weighted by atomic mass is 79.9. The molecule has 0 aliphatic rings. The lowest BCUT2D eigenvalue weighted by Gasteiger charge is -2.10. The molecule has 0 aliphatic carbocycles. The molecular weight excluding hydrogens is 333 g/mol. The Morgan fingerprint density at radius 3 is 2.45 bits per heavy atom. The molecule has 103 valence electrons. The van der Waals surface area contributed by atoms with Crippen molar-refractivity contribution < 1.29 is 17.9 Å². The summed E-state index contributed by atoms with van der Waals surface area (Å²) in [6.45, 7) is 3.58. The van der Waals surface area contributed by atoms with Gasteiger partial charge in [-0.1, -0.05) is 12.7 Å². The Kier molecular flexibility index (Phi) is 4.49. The molecule has 0 amide bonds. The molecular formula is C15H9BrF3O. The molecule has 2 rings (SSSR count). The van der Waals surface area contributed by atoms with Crippen LogP contribution in [-0.2, 0) is 0 Å². The van der Waals surface area contributed by atoms with Gasteiger partial charge in [0.15, 0.2) is 0 Å². The number of benzene rings is 2. The van der Waals surface area contributed by atoms with Crippen LogP contribution in [0.1, 0.15) is 0 Å². The van der Waals surface area contributed by atoms with Crippen LogP contribution in [0.15, 0.2) is 41.4 Å². The lowest BCUT2D eigenvalue weighted by atomic mass is 10.0. The summed E-state index contributed by atoms with van der Waals surface area (Å²) in [7, 11) is 0. The van der Waals surface area contributed by atoms with Gasteiger partial charge in [0.25, 0.3) is 0 Å². The Bertz CT molecular complexity index is 633. The van der Waals surface area contributed by atoms with Gasteiger partial charge in [-0.15, -0.1) is 0 Å². The van der Waals surface area contributed by atoms with Gasteiger partial charge in [0.1, 0.15) is 29.8 Å². The molecule has 0 fully saturated rings. The molecule has 5 heteroatoms. The molecule has 2 aromatic carbocycles. The maximum absolute atomic E-state index is 14.0. The quantitative estimate of drug-likeness (QED) is 0.719. The van der Waals surface area contributed by atoms with Gasteiger partial charge in [-0.2, -0.15) is 0 Å². The first-order chi connectivity index (χ1) is 9.52. The minimum atomic E-state index is -0.844. The second-order valence-electron chi connectivity index (χ2n) is 3.91. The minimum Gasteiger partial charge on any atom is -0.489 e. The molecule has 0 heterocycles. The van der Waals surface area contributed by atoms with E-state index < -0.39 is 17.5 Å². The standard InChI is InChI=1S/C15H9BrF3O/c1-2-5-20-10-7-13(18)15(14(19)8-10)11-6-9(17)3-4-12(11)16/h2-3,6-8H,1,5H2. The first-order valence-electron chi connectivity index (χ1n) is 5.62. The van der Waals surface area contributed by atoms with E-state index in [1.165, 1.54) is 6.08 Å². The highest BCUT2D eigenvalue weighted by Gasteiger charge is 2.17. The third-order valence-electron chi connectivity index (χ3n) is 2.51. The van der Waals surface area contributed by atoms with Gasteiger partial charge < -0.3 is 4.74 Å². The monoisotopic (exact) mass is 341 g/mol. The molecule has 0 aliphatic heterocycles. The van der Waals surface area contributed by atoms with Gasteiger partial charge in [-0.3, -0.25) is 0 Å². The number of rotatable bonds is 4. The van der Waals surface area contributed by atoms with E-state index in [2.05, 4.69) is 28.6 Å². The van der Waals surface area contributed by atoms with E-state index in [1.54, 1.807) is 0 Å². The number of halogens is 4. The normalized spacial score (nSPS) is 10.4. The number of hydrogen-bond acceptors (Lipinski definition) is 1. The number of ether oxygens (including phenoxy) is 1. The molecule has 0 aromatic heterocycles. The summed E-state index contributed by atoms with van der Waals surface area (Å²) in [5, 5.41) is 0. The Hall–Kier alpha value is -1.75. The Morgan fingerprint density at radius 1 is 1.20 bits per heavy atom. The van der Waals surface area contributed by atoms with Crippen molar-refractivity contribution >= 4 is 15.9 Å². The lowest BCUT2D eigenvalue weighted by molar-refractivity contribution is 0.358. The maximum Gasteiger partial charge on any atom is 0.137 e. The second-order valence-corrected chi connectivity index (χ2v) is 4.70. The fourth-order valence-corrected chi connectivity index (χ4v) is 2.11. The van der Waals surface area contributed by atoms with Gasteiger partial charge >= 0.3 is 0 Å². The summed E-state index contributed by atoms with van der Waals surface area (Å²) < 4.78 is 46.6. The van der Waals surface area contributed by atoms with Crippen molar-refractivity contribution in [1.29, 1.82) is 0 Å². The van der Waals surface area contributed by atoms with Crippen molar-refractivity contribution in [3.63, 3.8) is 0 Å². The third-order valence-corrected chi connectivity index (χ3v) is 3.16. The van der Waals surface area contributed by atoms with E-state index in [4.69, 9.17) is 4.74 Å². The zero-order valence-electron chi connectivity index (χ0n) is 10.2. The average Bonchev–Trinajstić information content (AvgIpc) is 2.39. The minimum absolute atomic E-state index is 0.0418. The van der Waals surface area contributed by atoms with E-state index in [0.29, 0.717) is 0 Å². The molecule has 0 atom stereocenters. The van der Waals surface area contributed by atoms with Gasteiger partial charge in [0, 0.05) is 28.2 Å². The molecule has 0 spiro atoms. The Labute approximate surface area is 122 Å². The molecule has 2 aromatic rings. The van der Waals surface area contributed by atoms with Gasteiger partial charge in [0.2, 0.25) is 0 Å². The topological polar surface area (TPSA) is 9.23 Å². The van der Waals surface area contributed by atoms with E-state index in [1.807, 2.05) is 0 Å². The second kappa shape index (κ2) is 6.13. The molecule has 1 nitrogen and oxygen atoms in total. The summed E-state index contributed by atoms with van der Waals surface area (Å²) in [6, 6.07) is 6.72. The Morgan fingerprint density at radius 2 is 1.85 bits per heavy atom. The summed E-state index contributed by atoms with van der Waals surface area (Å²) in [4.78, 5) is 0. The maximum atomic E-state index is 14.0. The average molecular weight is 342 g/mol. The largest absolute Gasteiger partial charge is 0.489 e. The summed E-state index contributed by atoms with van der Waals surface area (Å²) >= 11 is 3.10. The van der Waals surface area contributed by atoms with Crippen LogP contribution < -0.4 is 4.74 Å². The molecule has 0 saturated heterocycles. The van der Waals surface area contributed by atoms with E-state index in [-0.39, 0.29) is 28.0 Å². The first-order valence-corrected chi connectivity index (χ1v) is 6.42. The fourth-order valence-electron chi connectivity index (χ4n) is 1.68. The SMILES string of the molecule is C=CCOc1cc(F)c(-c2cc(F)c[c]c2Br)c(F)c1. The van der Waals surface area contributed by atoms with Crippen molar-refractivity contribution in [3.05, 3.63) is 64.9 Å². The van der Waals surface area contributed by atoms with E-state index in [9.17, 15) is 13.2 Å². The van der Waals surface area contributed by atoms with Crippen molar-refractivity contribution in [2.24, 2.45) is 0 Å². The van der Waals surface area contributed by atoms with Crippen LogP contribution in [0, 0.1) is 23.5 Å². The zero-order chi connectivity index (χ0) is 14.7. The molecule has 0 saturated carbocycles. The predicted octanol–water partition coefficient (Wildman–Crippen LogP) is 4.90. The van der Waals surface area contributed by atoms with Crippen LogP contribution in [0.3, 0.4) is 0 Å². The first kappa shape index (κ1) is 14.7. The van der Waals surface area contributed by atoms with Crippen LogP contribution in [0.2, 0.25) is 0 Å². The smallest absolute Gasteiger partial charge is 0.137 e. The van der Waals surface area contributed by atoms with Gasteiger partial charge in [0.05, 0.1) is 5.56 Å². The van der Waals surface area contributed by atoms with Gasteiger partial charge in [-0.25, -0.2) is 13.2 Å². The molecule has 0 unspecified atom stereocenters. The number of hydrogen-bond donors (Lipinski definition) is 0. The van der Waals surface area contributed by atoms with Crippen molar-refractivity contribution in [2.75, 3.05) is 6.61 Å². The fraction of sp³-hybridized carbons (Fsp3) is 0.0667. The summed E-state index contributed by atoms with van der Waals surface area (Å²) in [6.07, 6.45) is 1.46. The van der Waals surface area contributed by atoms with E-state index >= 15 is 0 Å². The van der Waals surface area contributed by atoms with Crippen LogP contribution in [0.4, 0.5) is 13.2 Å². The molecule has 0 N–H and O–H groups in total. The van der Waals surface area contributed by atoms with Crippen LogP contribution >= 0.6 is 15.9 Å². The highest BCUT2D eigenvalue weighted by molar-refractivity contribution is 9.10. The van der Waals surface area contributed by atoms with Crippen molar-refractivity contribution in [3.8, 4) is 16.9 Å². The molecule has 0 bridgehead atoms.